The zero-order valence-electron chi connectivity index (χ0n) is 13.2. The SMILES string of the molecule is CC(C)C1CN2CCCCC2CN1CCc1ccc(Cl)s1. The molecule has 1 aromatic rings. The van der Waals surface area contributed by atoms with Crippen molar-refractivity contribution in [3.63, 3.8) is 0 Å². The molecule has 3 heterocycles. The predicted octanol–water partition coefficient (Wildman–Crippen LogP) is 4.14. The molecule has 21 heavy (non-hydrogen) atoms. The van der Waals surface area contributed by atoms with Crippen LogP contribution in [0.3, 0.4) is 0 Å². The van der Waals surface area contributed by atoms with E-state index >= 15 is 0 Å². The van der Waals surface area contributed by atoms with E-state index in [2.05, 4.69) is 29.7 Å². The van der Waals surface area contributed by atoms with Gasteiger partial charge in [-0.15, -0.1) is 11.3 Å². The van der Waals surface area contributed by atoms with Gasteiger partial charge in [0.25, 0.3) is 0 Å². The number of hydrogen-bond acceptors (Lipinski definition) is 3. The summed E-state index contributed by atoms with van der Waals surface area (Å²) >= 11 is 7.79. The molecule has 2 nitrogen and oxygen atoms in total. The van der Waals surface area contributed by atoms with Gasteiger partial charge in [0.05, 0.1) is 4.34 Å². The Morgan fingerprint density at radius 3 is 2.86 bits per heavy atom. The molecular formula is C17H27ClN2S. The van der Waals surface area contributed by atoms with E-state index in [0.717, 1.165) is 28.8 Å². The van der Waals surface area contributed by atoms with Crippen molar-refractivity contribution >= 4 is 22.9 Å². The molecule has 4 heteroatoms. The van der Waals surface area contributed by atoms with Crippen LogP contribution in [-0.2, 0) is 6.42 Å². The Bertz CT molecular complexity index is 459. The minimum Gasteiger partial charge on any atom is -0.298 e. The van der Waals surface area contributed by atoms with Gasteiger partial charge in [0.15, 0.2) is 0 Å². The average Bonchev–Trinajstić information content (AvgIpc) is 2.89. The number of rotatable bonds is 4. The first-order valence-corrected chi connectivity index (χ1v) is 9.55. The third kappa shape index (κ3) is 3.82. The highest BCUT2D eigenvalue weighted by Gasteiger charge is 2.35. The van der Waals surface area contributed by atoms with Crippen LogP contribution in [0.2, 0.25) is 4.34 Å². The fourth-order valence-corrected chi connectivity index (χ4v) is 4.97. The van der Waals surface area contributed by atoms with Crippen molar-refractivity contribution in [1.29, 1.82) is 0 Å². The van der Waals surface area contributed by atoms with Crippen LogP contribution in [0, 0.1) is 5.92 Å². The normalized spacial score (nSPS) is 28.0. The molecular weight excluding hydrogens is 300 g/mol. The van der Waals surface area contributed by atoms with Gasteiger partial charge in [-0.25, -0.2) is 0 Å². The van der Waals surface area contributed by atoms with Gasteiger partial charge in [0.2, 0.25) is 0 Å². The van der Waals surface area contributed by atoms with Crippen molar-refractivity contribution in [3.05, 3.63) is 21.3 Å². The molecule has 1 aromatic heterocycles. The molecule has 0 spiro atoms. The molecule has 2 aliphatic rings. The van der Waals surface area contributed by atoms with Crippen molar-refractivity contribution in [3.8, 4) is 0 Å². The third-order valence-corrected chi connectivity index (χ3v) is 6.42. The Hall–Kier alpha value is -0.0900. The molecule has 0 saturated carbocycles. The molecule has 0 radical (unpaired) electrons. The maximum absolute atomic E-state index is 6.05. The van der Waals surface area contributed by atoms with Crippen LogP contribution in [0.1, 0.15) is 38.0 Å². The van der Waals surface area contributed by atoms with E-state index < -0.39 is 0 Å². The lowest BCUT2D eigenvalue weighted by molar-refractivity contribution is -0.00665. The molecule has 0 bridgehead atoms. The first-order chi connectivity index (χ1) is 10.1. The highest BCUT2D eigenvalue weighted by molar-refractivity contribution is 7.16. The molecule has 2 saturated heterocycles. The Labute approximate surface area is 138 Å². The van der Waals surface area contributed by atoms with Crippen molar-refractivity contribution < 1.29 is 0 Å². The summed E-state index contributed by atoms with van der Waals surface area (Å²) < 4.78 is 0.919. The van der Waals surface area contributed by atoms with Gasteiger partial charge in [-0.1, -0.05) is 31.9 Å². The van der Waals surface area contributed by atoms with Crippen molar-refractivity contribution in [1.82, 2.24) is 9.80 Å². The summed E-state index contributed by atoms with van der Waals surface area (Å²) in [6, 6.07) is 5.74. The molecule has 3 rings (SSSR count). The van der Waals surface area contributed by atoms with Crippen LogP contribution in [-0.4, -0.2) is 48.1 Å². The summed E-state index contributed by atoms with van der Waals surface area (Å²) in [5.41, 5.74) is 0. The number of nitrogens with zero attached hydrogens (tertiary/aromatic N) is 2. The van der Waals surface area contributed by atoms with E-state index in [0.29, 0.717) is 0 Å². The maximum atomic E-state index is 6.05. The van der Waals surface area contributed by atoms with Gasteiger partial charge in [-0.3, -0.25) is 9.80 Å². The van der Waals surface area contributed by atoms with E-state index in [4.69, 9.17) is 11.6 Å². The fourth-order valence-electron chi connectivity index (χ4n) is 3.90. The van der Waals surface area contributed by atoms with Gasteiger partial charge >= 0.3 is 0 Å². The summed E-state index contributed by atoms with van der Waals surface area (Å²) in [6.45, 7) is 9.80. The van der Waals surface area contributed by atoms with E-state index in [-0.39, 0.29) is 0 Å². The lowest BCUT2D eigenvalue weighted by Crippen LogP contribution is -2.61. The lowest BCUT2D eigenvalue weighted by Gasteiger charge is -2.50. The number of piperidine rings is 1. The minimum absolute atomic E-state index is 0.717. The van der Waals surface area contributed by atoms with Gasteiger partial charge in [0, 0.05) is 36.6 Å². The lowest BCUT2D eigenvalue weighted by atomic mass is 9.92. The third-order valence-electron chi connectivity index (χ3n) is 5.13. The molecule has 2 unspecified atom stereocenters. The van der Waals surface area contributed by atoms with Gasteiger partial charge in [0.1, 0.15) is 0 Å². The summed E-state index contributed by atoms with van der Waals surface area (Å²) in [5, 5.41) is 0. The number of thiophene rings is 1. The summed E-state index contributed by atoms with van der Waals surface area (Å²) in [5.74, 6) is 0.736. The standard InChI is InChI=1S/C17H27ClN2S/c1-13(2)16-12-19-9-4-3-5-14(19)11-20(16)10-8-15-6-7-17(18)21-15/h6-7,13-14,16H,3-5,8-12H2,1-2H3. The Morgan fingerprint density at radius 1 is 1.29 bits per heavy atom. The van der Waals surface area contributed by atoms with Crippen LogP contribution in [0.15, 0.2) is 12.1 Å². The van der Waals surface area contributed by atoms with Crippen LogP contribution in [0.4, 0.5) is 0 Å². The second-order valence-corrected chi connectivity index (χ2v) is 8.71. The average molecular weight is 327 g/mol. The van der Waals surface area contributed by atoms with E-state index in [1.807, 2.05) is 6.07 Å². The Morgan fingerprint density at radius 2 is 2.14 bits per heavy atom. The highest BCUT2D eigenvalue weighted by Crippen LogP contribution is 2.28. The smallest absolute Gasteiger partial charge is 0.0931 e. The van der Waals surface area contributed by atoms with Gasteiger partial charge in [-0.2, -0.15) is 0 Å². The summed E-state index contributed by atoms with van der Waals surface area (Å²) in [4.78, 5) is 6.94. The molecule has 0 N–H and O–H groups in total. The zero-order valence-corrected chi connectivity index (χ0v) is 14.8. The van der Waals surface area contributed by atoms with Crippen LogP contribution < -0.4 is 0 Å². The quantitative estimate of drug-likeness (QED) is 0.820. The molecule has 0 aromatic carbocycles. The number of fused-ring (bicyclic) bond motifs is 1. The van der Waals surface area contributed by atoms with Crippen LogP contribution >= 0.6 is 22.9 Å². The van der Waals surface area contributed by atoms with E-state index in [9.17, 15) is 0 Å². The maximum Gasteiger partial charge on any atom is 0.0931 e. The molecule has 2 aliphatic heterocycles. The summed E-state index contributed by atoms with van der Waals surface area (Å²) in [6.07, 6.45) is 5.36. The molecule has 118 valence electrons. The van der Waals surface area contributed by atoms with E-state index in [1.54, 1.807) is 11.3 Å². The molecule has 0 amide bonds. The second kappa shape index (κ2) is 6.99. The monoisotopic (exact) mass is 326 g/mol. The first-order valence-electron chi connectivity index (χ1n) is 8.36. The molecule has 2 fully saturated rings. The minimum atomic E-state index is 0.717. The predicted molar refractivity (Wildman–Crippen MR) is 92.4 cm³/mol. The number of hydrogen-bond donors (Lipinski definition) is 0. The molecule has 2 atom stereocenters. The topological polar surface area (TPSA) is 6.48 Å². The fraction of sp³-hybridized carbons (Fsp3) is 0.765. The van der Waals surface area contributed by atoms with Gasteiger partial charge in [-0.05, 0) is 43.9 Å². The number of piperazine rings is 1. The zero-order chi connectivity index (χ0) is 14.8. The van der Waals surface area contributed by atoms with Crippen LogP contribution in [0.25, 0.3) is 0 Å². The Kier molecular flexibility index (Phi) is 5.26. The van der Waals surface area contributed by atoms with Gasteiger partial charge < -0.3 is 0 Å². The van der Waals surface area contributed by atoms with Crippen molar-refractivity contribution in [2.24, 2.45) is 5.92 Å². The highest BCUT2D eigenvalue weighted by atomic mass is 35.5. The second-order valence-electron chi connectivity index (χ2n) is 6.91. The molecule has 0 aliphatic carbocycles. The summed E-state index contributed by atoms with van der Waals surface area (Å²) in [7, 11) is 0. The first kappa shape index (κ1) is 15.8. The van der Waals surface area contributed by atoms with Crippen LogP contribution in [0.5, 0.6) is 0 Å². The Balaban J connectivity index is 1.63. The van der Waals surface area contributed by atoms with E-state index in [1.165, 1.54) is 50.3 Å². The van der Waals surface area contributed by atoms with Crippen molar-refractivity contribution in [2.75, 3.05) is 26.2 Å². The van der Waals surface area contributed by atoms with Crippen molar-refractivity contribution in [2.45, 2.75) is 51.6 Å². The largest absolute Gasteiger partial charge is 0.298 e. The number of halogens is 1.